The molecule has 7 heteroatoms. The van der Waals surface area contributed by atoms with Crippen molar-refractivity contribution in [1.82, 2.24) is 15.5 Å². The van der Waals surface area contributed by atoms with Gasteiger partial charge in [0.15, 0.2) is 5.96 Å². The fourth-order valence-electron chi connectivity index (χ4n) is 2.27. The van der Waals surface area contributed by atoms with Gasteiger partial charge in [-0.15, -0.1) is 0 Å². The largest absolute Gasteiger partial charge is 0.386 e. The number of ether oxygens (including phenoxy) is 1. The van der Waals surface area contributed by atoms with E-state index >= 15 is 0 Å². The predicted octanol–water partition coefficient (Wildman–Crippen LogP) is 1.38. The summed E-state index contributed by atoms with van der Waals surface area (Å²) in [5.41, 5.74) is 0.652. The van der Waals surface area contributed by atoms with E-state index in [-0.39, 0.29) is 12.4 Å². The molecule has 142 valence electrons. The fourth-order valence-corrected chi connectivity index (χ4v) is 2.27. The number of aliphatic imine (C=N–C) groups is 1. The highest BCUT2D eigenvalue weighted by atomic mass is 19.1. The molecule has 0 bridgehead atoms. The van der Waals surface area contributed by atoms with E-state index in [0.717, 1.165) is 39.2 Å². The van der Waals surface area contributed by atoms with E-state index in [1.165, 1.54) is 12.1 Å². The lowest BCUT2D eigenvalue weighted by Gasteiger charge is -2.18. The predicted molar refractivity (Wildman–Crippen MR) is 99.3 cm³/mol. The van der Waals surface area contributed by atoms with Gasteiger partial charge in [0.1, 0.15) is 5.82 Å². The normalized spacial score (nSPS) is 13.1. The number of benzene rings is 1. The number of methoxy groups -OCH3 is 1. The van der Waals surface area contributed by atoms with Crippen LogP contribution in [0.25, 0.3) is 0 Å². The number of halogens is 1. The zero-order valence-electron chi connectivity index (χ0n) is 15.5. The Hall–Kier alpha value is -1.70. The number of guanidine groups is 1. The summed E-state index contributed by atoms with van der Waals surface area (Å²) in [6.07, 6.45) is 0.248. The second kappa shape index (κ2) is 12.6. The van der Waals surface area contributed by atoms with Crippen molar-refractivity contribution in [3.05, 3.63) is 35.6 Å². The van der Waals surface area contributed by atoms with Crippen LogP contribution >= 0.6 is 0 Å². The first kappa shape index (κ1) is 21.3. The van der Waals surface area contributed by atoms with Crippen LogP contribution in [0.1, 0.15) is 25.0 Å². The standard InChI is InChI=1S/C18H31FN4O2/c1-4-20-18(21-10-12-23(2)11-5-13-25-3)22-14-17(24)15-6-8-16(19)9-7-15/h6-9,17,24H,4-5,10-14H2,1-3H3,(H2,20,21,22). The number of hydrogen-bond acceptors (Lipinski definition) is 4. The number of aliphatic hydroxyl groups is 1. The molecule has 1 rings (SSSR count). The number of rotatable bonds is 11. The van der Waals surface area contributed by atoms with Gasteiger partial charge in [0.05, 0.1) is 12.6 Å². The monoisotopic (exact) mass is 354 g/mol. The molecule has 3 N–H and O–H groups in total. The Morgan fingerprint density at radius 1 is 1.28 bits per heavy atom. The minimum Gasteiger partial charge on any atom is -0.386 e. The van der Waals surface area contributed by atoms with Gasteiger partial charge in [-0.3, -0.25) is 4.99 Å². The molecule has 1 atom stereocenters. The molecule has 0 amide bonds. The molecule has 1 unspecified atom stereocenters. The molecular weight excluding hydrogens is 323 g/mol. The van der Waals surface area contributed by atoms with Gasteiger partial charge in [-0.2, -0.15) is 0 Å². The van der Waals surface area contributed by atoms with E-state index in [2.05, 4.69) is 27.6 Å². The fraction of sp³-hybridized carbons (Fsp3) is 0.611. The molecule has 25 heavy (non-hydrogen) atoms. The maximum Gasteiger partial charge on any atom is 0.191 e. The SMILES string of the molecule is CCNC(=NCC(O)c1ccc(F)cc1)NCCN(C)CCCOC. The number of likely N-dealkylation sites (N-methyl/N-ethyl adjacent to an activating group) is 1. The molecule has 0 heterocycles. The molecule has 0 saturated carbocycles. The van der Waals surface area contributed by atoms with Crippen molar-refractivity contribution in [2.45, 2.75) is 19.4 Å². The van der Waals surface area contributed by atoms with E-state index in [0.29, 0.717) is 11.5 Å². The minimum atomic E-state index is -0.757. The summed E-state index contributed by atoms with van der Waals surface area (Å²) < 4.78 is 18.0. The quantitative estimate of drug-likeness (QED) is 0.318. The maximum atomic E-state index is 12.9. The van der Waals surface area contributed by atoms with E-state index in [9.17, 15) is 9.50 Å². The maximum absolute atomic E-state index is 12.9. The summed E-state index contributed by atoms with van der Waals surface area (Å²) in [5.74, 6) is 0.345. The molecule has 0 spiro atoms. The van der Waals surface area contributed by atoms with Crippen LogP contribution < -0.4 is 10.6 Å². The van der Waals surface area contributed by atoms with E-state index in [4.69, 9.17) is 4.74 Å². The van der Waals surface area contributed by atoms with Gasteiger partial charge in [-0.25, -0.2) is 4.39 Å². The second-order valence-electron chi connectivity index (χ2n) is 5.86. The van der Waals surface area contributed by atoms with E-state index < -0.39 is 6.10 Å². The van der Waals surface area contributed by atoms with Crippen LogP contribution in [0.2, 0.25) is 0 Å². The molecule has 0 radical (unpaired) electrons. The second-order valence-corrected chi connectivity index (χ2v) is 5.86. The Bertz CT molecular complexity index is 496. The summed E-state index contributed by atoms with van der Waals surface area (Å²) in [5, 5.41) is 16.6. The molecule has 0 aliphatic rings. The molecule has 0 saturated heterocycles. The van der Waals surface area contributed by atoms with Gasteiger partial charge in [-0.05, 0) is 38.1 Å². The summed E-state index contributed by atoms with van der Waals surface area (Å²) in [6.45, 7) is 6.32. The Morgan fingerprint density at radius 2 is 2.00 bits per heavy atom. The molecule has 6 nitrogen and oxygen atoms in total. The molecule has 0 aliphatic carbocycles. The Balaban J connectivity index is 2.41. The van der Waals surface area contributed by atoms with Gasteiger partial charge < -0.3 is 25.4 Å². The van der Waals surface area contributed by atoms with Gasteiger partial charge in [0, 0.05) is 39.9 Å². The molecule has 0 aromatic heterocycles. The van der Waals surface area contributed by atoms with Gasteiger partial charge >= 0.3 is 0 Å². The van der Waals surface area contributed by atoms with Crippen LogP contribution in [0.5, 0.6) is 0 Å². The third-order valence-corrected chi connectivity index (χ3v) is 3.70. The number of nitrogens with one attached hydrogen (secondary N) is 2. The lowest BCUT2D eigenvalue weighted by molar-refractivity contribution is 0.180. The highest BCUT2D eigenvalue weighted by molar-refractivity contribution is 5.79. The van der Waals surface area contributed by atoms with Crippen LogP contribution in [0.3, 0.4) is 0 Å². The van der Waals surface area contributed by atoms with Crippen LogP contribution in [0.4, 0.5) is 4.39 Å². The van der Waals surface area contributed by atoms with Crippen molar-refractivity contribution < 1.29 is 14.2 Å². The van der Waals surface area contributed by atoms with Crippen molar-refractivity contribution in [2.75, 3.05) is 53.5 Å². The number of nitrogens with zero attached hydrogens (tertiary/aromatic N) is 2. The van der Waals surface area contributed by atoms with Crippen molar-refractivity contribution in [3.63, 3.8) is 0 Å². The summed E-state index contributed by atoms with van der Waals surface area (Å²) in [6, 6.07) is 5.83. The summed E-state index contributed by atoms with van der Waals surface area (Å²) >= 11 is 0. The third-order valence-electron chi connectivity index (χ3n) is 3.70. The minimum absolute atomic E-state index is 0.213. The summed E-state index contributed by atoms with van der Waals surface area (Å²) in [4.78, 5) is 6.62. The molecule has 0 aliphatic heterocycles. The Morgan fingerprint density at radius 3 is 2.64 bits per heavy atom. The Kier molecular flexibility index (Phi) is 10.8. The van der Waals surface area contributed by atoms with Gasteiger partial charge in [0.25, 0.3) is 0 Å². The van der Waals surface area contributed by atoms with Crippen molar-refractivity contribution in [3.8, 4) is 0 Å². The van der Waals surface area contributed by atoms with Gasteiger partial charge in [0.2, 0.25) is 0 Å². The van der Waals surface area contributed by atoms with Crippen LogP contribution in [-0.4, -0.2) is 69.5 Å². The molecule has 1 aromatic rings. The van der Waals surface area contributed by atoms with Crippen molar-refractivity contribution in [2.24, 2.45) is 4.99 Å². The number of aliphatic hydroxyl groups excluding tert-OH is 1. The zero-order chi connectivity index (χ0) is 18.5. The molecular formula is C18H31FN4O2. The van der Waals surface area contributed by atoms with Crippen molar-refractivity contribution >= 4 is 5.96 Å². The molecule has 0 fully saturated rings. The third kappa shape index (κ3) is 9.38. The topological polar surface area (TPSA) is 69.1 Å². The number of hydrogen-bond donors (Lipinski definition) is 3. The Labute approximate surface area is 150 Å². The van der Waals surface area contributed by atoms with Crippen LogP contribution in [-0.2, 0) is 4.74 Å². The lowest BCUT2D eigenvalue weighted by Crippen LogP contribution is -2.41. The zero-order valence-corrected chi connectivity index (χ0v) is 15.5. The lowest BCUT2D eigenvalue weighted by atomic mass is 10.1. The highest BCUT2D eigenvalue weighted by Gasteiger charge is 2.08. The van der Waals surface area contributed by atoms with Crippen LogP contribution in [0, 0.1) is 5.82 Å². The molecule has 1 aromatic carbocycles. The van der Waals surface area contributed by atoms with E-state index in [1.807, 2.05) is 6.92 Å². The van der Waals surface area contributed by atoms with E-state index in [1.54, 1.807) is 19.2 Å². The first-order valence-corrected chi connectivity index (χ1v) is 8.70. The average Bonchev–Trinajstić information content (AvgIpc) is 2.60. The summed E-state index contributed by atoms with van der Waals surface area (Å²) in [7, 11) is 3.78. The average molecular weight is 354 g/mol. The smallest absolute Gasteiger partial charge is 0.191 e. The first-order valence-electron chi connectivity index (χ1n) is 8.70. The van der Waals surface area contributed by atoms with Gasteiger partial charge in [-0.1, -0.05) is 12.1 Å². The first-order chi connectivity index (χ1) is 12.1. The van der Waals surface area contributed by atoms with Crippen LogP contribution in [0.15, 0.2) is 29.3 Å². The highest BCUT2D eigenvalue weighted by Crippen LogP contribution is 2.13. The van der Waals surface area contributed by atoms with Crippen molar-refractivity contribution in [1.29, 1.82) is 0 Å².